The van der Waals surface area contributed by atoms with Gasteiger partial charge in [0.25, 0.3) is 0 Å². The third kappa shape index (κ3) is 3.00. The van der Waals surface area contributed by atoms with E-state index in [1.54, 1.807) is 29.3 Å². The monoisotopic (exact) mass is 272 g/mol. The lowest BCUT2D eigenvalue weighted by Gasteiger charge is -2.10. The third-order valence-corrected chi connectivity index (χ3v) is 3.33. The highest BCUT2D eigenvalue weighted by molar-refractivity contribution is 5.91. The molecular formula is C13H16N6O. The van der Waals surface area contributed by atoms with Crippen molar-refractivity contribution in [2.75, 3.05) is 5.32 Å². The maximum atomic E-state index is 11.8. The molecule has 104 valence electrons. The molecule has 1 aliphatic rings. The van der Waals surface area contributed by atoms with Crippen LogP contribution in [-0.4, -0.2) is 31.7 Å². The Morgan fingerprint density at radius 1 is 1.50 bits per heavy atom. The summed E-state index contributed by atoms with van der Waals surface area (Å²) in [6.45, 7) is 0. The number of carbonyl (C=O) groups is 1. The maximum absolute atomic E-state index is 11.8. The van der Waals surface area contributed by atoms with Crippen LogP contribution in [0.5, 0.6) is 0 Å². The van der Waals surface area contributed by atoms with E-state index in [-0.39, 0.29) is 11.9 Å². The normalized spacial score (nSPS) is 15.8. The summed E-state index contributed by atoms with van der Waals surface area (Å²) in [7, 11) is 0. The SMILES string of the molecule is NC(CC(=O)Nc1ccc(-n2cncn2)nc1)C1CC1. The summed E-state index contributed by atoms with van der Waals surface area (Å²) >= 11 is 0. The molecule has 20 heavy (non-hydrogen) atoms. The summed E-state index contributed by atoms with van der Waals surface area (Å²) in [6, 6.07) is 3.52. The van der Waals surface area contributed by atoms with Crippen molar-refractivity contribution in [2.45, 2.75) is 25.3 Å². The van der Waals surface area contributed by atoms with Gasteiger partial charge in [0, 0.05) is 12.5 Å². The van der Waals surface area contributed by atoms with E-state index in [1.165, 1.54) is 6.33 Å². The highest BCUT2D eigenvalue weighted by Gasteiger charge is 2.29. The Bertz CT molecular complexity index is 575. The standard InChI is InChI=1S/C13H16N6O/c14-11(9-1-2-9)5-13(20)18-10-3-4-12(16-6-10)19-8-15-7-17-19/h3-4,6-9,11H,1-2,5,14H2,(H,18,20). The molecule has 7 heteroatoms. The van der Waals surface area contributed by atoms with Gasteiger partial charge in [-0.2, -0.15) is 5.10 Å². The van der Waals surface area contributed by atoms with Crippen LogP contribution in [0.4, 0.5) is 5.69 Å². The molecule has 1 atom stereocenters. The lowest BCUT2D eigenvalue weighted by atomic mass is 10.1. The van der Waals surface area contributed by atoms with Gasteiger partial charge in [-0.3, -0.25) is 4.79 Å². The smallest absolute Gasteiger partial charge is 0.225 e. The van der Waals surface area contributed by atoms with E-state index in [0.29, 0.717) is 23.8 Å². The molecule has 1 fully saturated rings. The molecular weight excluding hydrogens is 256 g/mol. The van der Waals surface area contributed by atoms with Crippen LogP contribution in [-0.2, 0) is 4.79 Å². The van der Waals surface area contributed by atoms with Gasteiger partial charge in [0.05, 0.1) is 11.9 Å². The fraction of sp³-hybridized carbons (Fsp3) is 0.385. The van der Waals surface area contributed by atoms with E-state index in [0.717, 1.165) is 12.8 Å². The van der Waals surface area contributed by atoms with Gasteiger partial charge in [-0.25, -0.2) is 14.6 Å². The van der Waals surface area contributed by atoms with E-state index in [4.69, 9.17) is 5.73 Å². The molecule has 7 nitrogen and oxygen atoms in total. The van der Waals surface area contributed by atoms with Gasteiger partial charge in [-0.05, 0) is 30.9 Å². The molecule has 0 bridgehead atoms. The first-order valence-corrected chi connectivity index (χ1v) is 6.59. The highest BCUT2D eigenvalue weighted by Crippen LogP contribution is 2.32. The number of nitrogens with zero attached hydrogens (tertiary/aromatic N) is 4. The molecule has 3 N–H and O–H groups in total. The van der Waals surface area contributed by atoms with Crippen molar-refractivity contribution < 1.29 is 4.79 Å². The summed E-state index contributed by atoms with van der Waals surface area (Å²) in [5.41, 5.74) is 6.58. The number of hydrogen-bond donors (Lipinski definition) is 2. The van der Waals surface area contributed by atoms with E-state index < -0.39 is 0 Å². The van der Waals surface area contributed by atoms with Crippen LogP contribution >= 0.6 is 0 Å². The zero-order chi connectivity index (χ0) is 13.9. The fourth-order valence-corrected chi connectivity index (χ4v) is 2.04. The van der Waals surface area contributed by atoms with Gasteiger partial charge in [-0.15, -0.1) is 0 Å². The molecule has 2 aromatic rings. The minimum absolute atomic E-state index is 0.0302. The van der Waals surface area contributed by atoms with Crippen LogP contribution in [0.1, 0.15) is 19.3 Å². The minimum atomic E-state index is -0.0697. The molecule has 0 spiro atoms. The third-order valence-electron chi connectivity index (χ3n) is 3.33. The van der Waals surface area contributed by atoms with Gasteiger partial charge in [-0.1, -0.05) is 0 Å². The Morgan fingerprint density at radius 2 is 2.35 bits per heavy atom. The van der Waals surface area contributed by atoms with Crippen molar-refractivity contribution in [3.05, 3.63) is 31.0 Å². The Morgan fingerprint density at radius 3 is 2.95 bits per heavy atom. The number of amides is 1. The molecule has 1 unspecified atom stereocenters. The van der Waals surface area contributed by atoms with Crippen LogP contribution in [0.25, 0.3) is 5.82 Å². The molecule has 0 aromatic carbocycles. The molecule has 2 aromatic heterocycles. The minimum Gasteiger partial charge on any atom is -0.327 e. The Labute approximate surface area is 116 Å². The summed E-state index contributed by atoms with van der Waals surface area (Å²) in [5.74, 6) is 1.10. The van der Waals surface area contributed by atoms with Crippen LogP contribution < -0.4 is 11.1 Å². The van der Waals surface area contributed by atoms with Crippen molar-refractivity contribution in [3.63, 3.8) is 0 Å². The number of anilines is 1. The summed E-state index contributed by atoms with van der Waals surface area (Å²) in [4.78, 5) is 19.9. The molecule has 0 radical (unpaired) electrons. The highest BCUT2D eigenvalue weighted by atomic mass is 16.1. The Balaban J connectivity index is 1.58. The zero-order valence-corrected chi connectivity index (χ0v) is 10.9. The molecule has 2 heterocycles. The van der Waals surface area contributed by atoms with Gasteiger partial charge in [0.2, 0.25) is 5.91 Å². The quantitative estimate of drug-likeness (QED) is 0.836. The second kappa shape index (κ2) is 5.38. The van der Waals surface area contributed by atoms with E-state index >= 15 is 0 Å². The van der Waals surface area contributed by atoms with Gasteiger partial charge in [0.1, 0.15) is 12.7 Å². The largest absolute Gasteiger partial charge is 0.327 e. The van der Waals surface area contributed by atoms with Crippen molar-refractivity contribution >= 4 is 11.6 Å². The predicted octanol–water partition coefficient (Wildman–Crippen LogP) is 0.728. The molecule has 1 amide bonds. The maximum Gasteiger partial charge on any atom is 0.225 e. The van der Waals surface area contributed by atoms with Gasteiger partial charge >= 0.3 is 0 Å². The molecule has 0 aliphatic heterocycles. The fourth-order valence-electron chi connectivity index (χ4n) is 2.04. The van der Waals surface area contributed by atoms with E-state index in [9.17, 15) is 4.79 Å². The summed E-state index contributed by atoms with van der Waals surface area (Å²) in [5, 5.41) is 6.78. The van der Waals surface area contributed by atoms with Crippen molar-refractivity contribution in [1.29, 1.82) is 0 Å². The molecule has 0 saturated heterocycles. The zero-order valence-electron chi connectivity index (χ0n) is 10.9. The van der Waals surface area contributed by atoms with Gasteiger partial charge in [0.15, 0.2) is 5.82 Å². The first kappa shape index (κ1) is 12.7. The Hall–Kier alpha value is -2.28. The predicted molar refractivity (Wildman–Crippen MR) is 73.1 cm³/mol. The second-order valence-corrected chi connectivity index (χ2v) is 5.00. The van der Waals surface area contributed by atoms with Crippen LogP contribution in [0.2, 0.25) is 0 Å². The van der Waals surface area contributed by atoms with Crippen molar-refractivity contribution in [1.82, 2.24) is 19.7 Å². The number of pyridine rings is 1. The molecule has 1 aliphatic carbocycles. The van der Waals surface area contributed by atoms with Crippen molar-refractivity contribution in [2.24, 2.45) is 11.7 Å². The summed E-state index contributed by atoms with van der Waals surface area (Å²) in [6.07, 6.45) is 7.24. The van der Waals surface area contributed by atoms with Crippen molar-refractivity contribution in [3.8, 4) is 5.82 Å². The lowest BCUT2D eigenvalue weighted by molar-refractivity contribution is -0.116. The second-order valence-electron chi connectivity index (χ2n) is 5.00. The van der Waals surface area contributed by atoms with E-state index in [1.807, 2.05) is 0 Å². The lowest BCUT2D eigenvalue weighted by Crippen LogP contribution is -2.28. The number of nitrogens with one attached hydrogen (secondary N) is 1. The van der Waals surface area contributed by atoms with Crippen LogP contribution in [0.15, 0.2) is 31.0 Å². The number of rotatable bonds is 5. The van der Waals surface area contributed by atoms with E-state index in [2.05, 4.69) is 20.4 Å². The average Bonchev–Trinajstić information content (AvgIpc) is 3.15. The Kier molecular flexibility index (Phi) is 3.42. The van der Waals surface area contributed by atoms with Crippen LogP contribution in [0, 0.1) is 5.92 Å². The first-order valence-electron chi connectivity index (χ1n) is 6.59. The van der Waals surface area contributed by atoms with Crippen LogP contribution in [0.3, 0.4) is 0 Å². The summed E-state index contributed by atoms with van der Waals surface area (Å²) < 4.78 is 1.55. The first-order chi connectivity index (χ1) is 9.72. The number of carbonyl (C=O) groups excluding carboxylic acids is 1. The number of nitrogens with two attached hydrogens (primary N) is 1. The number of aromatic nitrogens is 4. The molecule has 1 saturated carbocycles. The topological polar surface area (TPSA) is 98.7 Å². The number of hydrogen-bond acceptors (Lipinski definition) is 5. The molecule has 3 rings (SSSR count). The average molecular weight is 272 g/mol. The van der Waals surface area contributed by atoms with Gasteiger partial charge < -0.3 is 11.1 Å².